The van der Waals surface area contributed by atoms with Gasteiger partial charge in [0.25, 0.3) is 0 Å². The van der Waals surface area contributed by atoms with Crippen LogP contribution in [0.15, 0.2) is 12.7 Å². The van der Waals surface area contributed by atoms with Crippen LogP contribution in [0, 0.1) is 0 Å². The van der Waals surface area contributed by atoms with Crippen molar-refractivity contribution in [2.24, 2.45) is 5.73 Å². The van der Waals surface area contributed by atoms with Crippen LogP contribution in [-0.2, 0) is 5.54 Å². The summed E-state index contributed by atoms with van der Waals surface area (Å²) < 4.78 is 1.89. The monoisotopic (exact) mass is 257 g/mol. The average molecular weight is 257 g/mol. The largest absolute Gasteiger partial charge is 0.340 e. The molecule has 3 aromatic rings. The number of aromatic amines is 1. The highest BCUT2D eigenvalue weighted by Crippen LogP contribution is 2.34. The van der Waals surface area contributed by atoms with Crippen LogP contribution in [-0.4, -0.2) is 29.5 Å². The van der Waals surface area contributed by atoms with E-state index < -0.39 is 0 Å². The molecule has 0 bridgehead atoms. The molecule has 0 atom stereocenters. The summed E-state index contributed by atoms with van der Waals surface area (Å²) in [6.45, 7) is 0. The zero-order valence-electron chi connectivity index (χ0n) is 10.5. The second-order valence-corrected chi connectivity index (χ2v) is 5.28. The molecule has 4 rings (SSSR count). The van der Waals surface area contributed by atoms with E-state index in [0.717, 1.165) is 42.7 Å². The van der Waals surface area contributed by atoms with Crippen molar-refractivity contribution in [3.63, 3.8) is 0 Å². The third kappa shape index (κ3) is 1.48. The Balaban J connectivity index is 1.95. The topological polar surface area (TPSA) is 97.8 Å². The maximum absolute atomic E-state index is 6.53. The van der Waals surface area contributed by atoms with Crippen LogP contribution in [0.1, 0.15) is 37.9 Å². The summed E-state index contributed by atoms with van der Waals surface area (Å²) in [5.74, 6) is 0.811. The van der Waals surface area contributed by atoms with Crippen molar-refractivity contribution >= 4 is 16.8 Å². The molecule has 1 saturated carbocycles. The summed E-state index contributed by atoms with van der Waals surface area (Å²) in [6.07, 6.45) is 8.78. The van der Waals surface area contributed by atoms with Gasteiger partial charge in [-0.1, -0.05) is 19.3 Å². The lowest BCUT2D eigenvalue weighted by Crippen LogP contribution is -2.40. The van der Waals surface area contributed by atoms with Gasteiger partial charge in [-0.25, -0.2) is 9.97 Å². The molecule has 0 aromatic carbocycles. The number of fused-ring (bicyclic) bond motifs is 3. The van der Waals surface area contributed by atoms with E-state index in [1.165, 1.54) is 6.42 Å². The second kappa shape index (κ2) is 3.74. The van der Waals surface area contributed by atoms with Crippen LogP contribution in [0.25, 0.3) is 16.8 Å². The lowest BCUT2D eigenvalue weighted by atomic mass is 9.82. The van der Waals surface area contributed by atoms with Crippen LogP contribution in [0.2, 0.25) is 0 Å². The lowest BCUT2D eigenvalue weighted by Gasteiger charge is -2.31. The van der Waals surface area contributed by atoms with Gasteiger partial charge in [-0.2, -0.15) is 0 Å². The van der Waals surface area contributed by atoms with Crippen LogP contribution in [0.5, 0.6) is 0 Å². The minimum atomic E-state index is -0.382. The molecule has 0 spiro atoms. The average Bonchev–Trinajstić information content (AvgIpc) is 3.05. The first-order chi connectivity index (χ1) is 9.28. The van der Waals surface area contributed by atoms with E-state index in [-0.39, 0.29) is 5.54 Å². The number of aromatic nitrogens is 6. The number of hydrogen-bond acceptors (Lipinski definition) is 5. The molecule has 3 heterocycles. The molecular weight excluding hydrogens is 242 g/mol. The van der Waals surface area contributed by atoms with E-state index in [4.69, 9.17) is 5.73 Å². The first-order valence-electron chi connectivity index (χ1n) is 6.60. The predicted octanol–water partition coefficient (Wildman–Crippen LogP) is 1.12. The quantitative estimate of drug-likeness (QED) is 0.680. The highest BCUT2D eigenvalue weighted by Gasteiger charge is 2.34. The van der Waals surface area contributed by atoms with Gasteiger partial charge >= 0.3 is 0 Å². The van der Waals surface area contributed by atoms with E-state index >= 15 is 0 Å². The number of nitrogens with one attached hydrogen (secondary N) is 1. The molecule has 0 amide bonds. The van der Waals surface area contributed by atoms with E-state index in [1.807, 2.05) is 4.40 Å². The molecule has 1 fully saturated rings. The summed E-state index contributed by atoms with van der Waals surface area (Å²) in [5.41, 5.74) is 8.35. The lowest BCUT2D eigenvalue weighted by molar-refractivity contribution is 0.285. The van der Waals surface area contributed by atoms with Crippen molar-refractivity contribution < 1.29 is 0 Å². The Kier molecular flexibility index (Phi) is 2.14. The molecule has 19 heavy (non-hydrogen) atoms. The Bertz CT molecular complexity index is 735. The number of nitrogens with zero attached hydrogens (tertiary/aromatic N) is 5. The Morgan fingerprint density at radius 2 is 2.00 bits per heavy atom. The van der Waals surface area contributed by atoms with Gasteiger partial charge in [-0.3, -0.25) is 4.40 Å². The zero-order chi connectivity index (χ0) is 12.9. The summed E-state index contributed by atoms with van der Waals surface area (Å²) in [6, 6.07) is 0. The van der Waals surface area contributed by atoms with E-state index in [0.29, 0.717) is 5.65 Å². The maximum atomic E-state index is 6.53. The van der Waals surface area contributed by atoms with Gasteiger partial charge in [-0.15, -0.1) is 10.2 Å². The SMILES string of the molecule is NC1(c2nnc3c4[nH]cnc4ncn23)CCCCC1. The molecule has 3 N–H and O–H groups in total. The van der Waals surface area contributed by atoms with Crippen LogP contribution in [0.3, 0.4) is 0 Å². The molecule has 98 valence electrons. The summed E-state index contributed by atoms with van der Waals surface area (Å²) in [7, 11) is 0. The Labute approximate surface area is 109 Å². The molecule has 0 saturated heterocycles. The Morgan fingerprint density at radius 1 is 1.16 bits per heavy atom. The summed E-state index contributed by atoms with van der Waals surface area (Å²) >= 11 is 0. The number of imidazole rings is 1. The van der Waals surface area contributed by atoms with Gasteiger partial charge in [0.05, 0.1) is 11.9 Å². The summed E-state index contributed by atoms with van der Waals surface area (Å²) in [4.78, 5) is 11.5. The fraction of sp³-hybridized carbons (Fsp3) is 0.500. The van der Waals surface area contributed by atoms with Crippen molar-refractivity contribution in [1.82, 2.24) is 29.5 Å². The molecule has 0 radical (unpaired) electrons. The van der Waals surface area contributed by atoms with Gasteiger partial charge in [0.15, 0.2) is 17.1 Å². The minimum Gasteiger partial charge on any atom is -0.340 e. The predicted molar refractivity (Wildman–Crippen MR) is 69.4 cm³/mol. The van der Waals surface area contributed by atoms with Crippen molar-refractivity contribution in [2.75, 3.05) is 0 Å². The van der Waals surface area contributed by atoms with Crippen molar-refractivity contribution in [3.8, 4) is 0 Å². The van der Waals surface area contributed by atoms with Gasteiger partial charge in [0.2, 0.25) is 0 Å². The first-order valence-corrected chi connectivity index (χ1v) is 6.60. The number of nitrogens with two attached hydrogens (primary N) is 1. The van der Waals surface area contributed by atoms with Gasteiger partial charge < -0.3 is 10.7 Å². The molecule has 7 heteroatoms. The minimum absolute atomic E-state index is 0.382. The van der Waals surface area contributed by atoms with Gasteiger partial charge in [-0.05, 0) is 12.8 Å². The smallest absolute Gasteiger partial charge is 0.189 e. The molecule has 1 aliphatic carbocycles. The normalized spacial score (nSPS) is 19.2. The fourth-order valence-electron chi connectivity index (χ4n) is 2.98. The molecule has 0 aliphatic heterocycles. The van der Waals surface area contributed by atoms with E-state index in [2.05, 4.69) is 25.1 Å². The highest BCUT2D eigenvalue weighted by molar-refractivity contribution is 5.84. The standard InChI is InChI=1S/C12H15N7/c13-12(4-2-1-3-5-12)11-18-17-10-8-9(15-6-14-8)16-7-19(10)11/h6-7H,1-5,13H2,(H,14,15). The van der Waals surface area contributed by atoms with Crippen molar-refractivity contribution in [2.45, 2.75) is 37.6 Å². The van der Waals surface area contributed by atoms with Crippen molar-refractivity contribution in [1.29, 1.82) is 0 Å². The number of rotatable bonds is 1. The Morgan fingerprint density at radius 3 is 2.84 bits per heavy atom. The molecule has 1 aliphatic rings. The third-order valence-corrected chi connectivity index (χ3v) is 4.03. The zero-order valence-corrected chi connectivity index (χ0v) is 10.5. The summed E-state index contributed by atoms with van der Waals surface area (Å²) in [5, 5.41) is 8.58. The Hall–Kier alpha value is -2.02. The van der Waals surface area contributed by atoms with Crippen molar-refractivity contribution in [3.05, 3.63) is 18.5 Å². The molecular formula is C12H15N7. The van der Waals surface area contributed by atoms with E-state index in [9.17, 15) is 0 Å². The maximum Gasteiger partial charge on any atom is 0.189 e. The molecule has 3 aromatic heterocycles. The highest BCUT2D eigenvalue weighted by atomic mass is 15.3. The third-order valence-electron chi connectivity index (χ3n) is 4.03. The number of hydrogen-bond donors (Lipinski definition) is 2. The van der Waals surface area contributed by atoms with Crippen LogP contribution < -0.4 is 5.73 Å². The van der Waals surface area contributed by atoms with Crippen LogP contribution in [0.4, 0.5) is 0 Å². The molecule has 0 unspecified atom stereocenters. The second-order valence-electron chi connectivity index (χ2n) is 5.28. The fourth-order valence-corrected chi connectivity index (χ4v) is 2.98. The molecule has 7 nitrogen and oxygen atoms in total. The van der Waals surface area contributed by atoms with Gasteiger partial charge in [0.1, 0.15) is 11.8 Å². The van der Waals surface area contributed by atoms with Gasteiger partial charge in [0, 0.05) is 0 Å². The number of H-pyrrole nitrogens is 1. The van der Waals surface area contributed by atoms with E-state index in [1.54, 1.807) is 12.7 Å². The van der Waals surface area contributed by atoms with Crippen LogP contribution >= 0.6 is 0 Å². The first kappa shape index (κ1) is 10.9.